The van der Waals surface area contributed by atoms with Gasteiger partial charge in [-0.2, -0.15) is 10.2 Å². The van der Waals surface area contributed by atoms with Crippen LogP contribution in [0.3, 0.4) is 0 Å². The van der Waals surface area contributed by atoms with Crippen molar-refractivity contribution in [3.63, 3.8) is 0 Å². The number of benzene rings is 1. The second-order valence-electron chi connectivity index (χ2n) is 7.77. The zero-order valence-corrected chi connectivity index (χ0v) is 18.2. The average molecular weight is 445 g/mol. The van der Waals surface area contributed by atoms with Gasteiger partial charge in [0.25, 0.3) is 5.91 Å². The molecule has 0 N–H and O–H groups in total. The van der Waals surface area contributed by atoms with Gasteiger partial charge in [0.1, 0.15) is 11.9 Å². The van der Waals surface area contributed by atoms with Crippen molar-refractivity contribution in [1.29, 1.82) is 0 Å². The smallest absolute Gasteiger partial charge is 0.257 e. The van der Waals surface area contributed by atoms with E-state index in [4.69, 9.17) is 9.47 Å². The molecule has 8 nitrogen and oxygen atoms in total. The van der Waals surface area contributed by atoms with Gasteiger partial charge in [-0.25, -0.2) is 8.78 Å². The summed E-state index contributed by atoms with van der Waals surface area (Å²) in [5.74, 6) is -1.66. The van der Waals surface area contributed by atoms with Crippen LogP contribution in [0, 0.1) is 18.6 Å². The minimum atomic E-state index is -0.944. The Labute approximate surface area is 184 Å². The molecule has 4 rings (SSSR count). The lowest BCUT2D eigenvalue weighted by Gasteiger charge is -2.32. The van der Waals surface area contributed by atoms with Crippen molar-refractivity contribution in [1.82, 2.24) is 24.5 Å². The number of halogens is 2. The fraction of sp³-hybridized carbons (Fsp3) is 0.409. The summed E-state index contributed by atoms with van der Waals surface area (Å²) in [5.41, 5.74) is 2.92. The summed E-state index contributed by atoms with van der Waals surface area (Å²) in [6.45, 7) is 3.42. The first-order chi connectivity index (χ1) is 15.3. The Kier molecular flexibility index (Phi) is 6.22. The number of hydrogen-bond donors (Lipinski definition) is 0. The van der Waals surface area contributed by atoms with Crippen LogP contribution in [0.5, 0.6) is 5.75 Å². The number of aryl methyl sites for hydroxylation is 3. The Bertz CT molecular complexity index is 1130. The lowest BCUT2D eigenvalue weighted by Crippen LogP contribution is -2.42. The SMILES string of the molecule is Cc1nn(C)cc1C(=O)N1CCO[C@@H](c2cc(CCOc3ccc(F)c(F)c3)n(C)n2)C1. The standard InChI is InChI=1S/C22H25F2N5O3/c1-14-17(12-27(2)25-14)22(30)29-7-9-32-21(13-29)20-10-15(28(3)26-20)6-8-31-16-4-5-18(23)19(24)11-16/h4-5,10-12,21H,6-9,13H2,1-3H3/t21-/m1/s1. The summed E-state index contributed by atoms with van der Waals surface area (Å²) in [5, 5.41) is 8.80. The van der Waals surface area contributed by atoms with E-state index in [1.54, 1.807) is 27.5 Å². The highest BCUT2D eigenvalue weighted by molar-refractivity contribution is 5.95. The molecule has 2 aromatic heterocycles. The summed E-state index contributed by atoms with van der Waals surface area (Å²) in [7, 11) is 3.61. The van der Waals surface area contributed by atoms with Gasteiger partial charge in [0, 0.05) is 45.0 Å². The largest absolute Gasteiger partial charge is 0.493 e. The van der Waals surface area contributed by atoms with E-state index in [0.29, 0.717) is 37.4 Å². The van der Waals surface area contributed by atoms with Gasteiger partial charge < -0.3 is 14.4 Å². The van der Waals surface area contributed by atoms with Crippen LogP contribution in [0.1, 0.15) is 33.5 Å². The van der Waals surface area contributed by atoms with E-state index in [1.165, 1.54) is 6.07 Å². The molecule has 0 aliphatic carbocycles. The second-order valence-corrected chi connectivity index (χ2v) is 7.77. The van der Waals surface area contributed by atoms with Crippen molar-refractivity contribution in [3.8, 4) is 5.75 Å². The van der Waals surface area contributed by atoms with Gasteiger partial charge in [0.2, 0.25) is 0 Å². The Hall–Kier alpha value is -3.27. The number of carbonyl (C=O) groups excluding carboxylic acids is 1. The van der Waals surface area contributed by atoms with E-state index < -0.39 is 11.6 Å². The van der Waals surface area contributed by atoms with E-state index in [2.05, 4.69) is 10.2 Å². The Morgan fingerprint density at radius 3 is 2.75 bits per heavy atom. The molecule has 0 spiro atoms. The van der Waals surface area contributed by atoms with Crippen LogP contribution >= 0.6 is 0 Å². The molecule has 0 unspecified atom stereocenters. The first-order valence-electron chi connectivity index (χ1n) is 10.3. The van der Waals surface area contributed by atoms with Crippen molar-refractivity contribution in [2.75, 3.05) is 26.3 Å². The molecule has 3 aromatic rings. The van der Waals surface area contributed by atoms with Gasteiger partial charge in [-0.1, -0.05) is 0 Å². The van der Waals surface area contributed by atoms with Crippen LogP contribution in [-0.2, 0) is 25.3 Å². The molecule has 3 heterocycles. The fourth-order valence-corrected chi connectivity index (χ4v) is 3.75. The van der Waals surface area contributed by atoms with Crippen LogP contribution in [0.4, 0.5) is 8.78 Å². The van der Waals surface area contributed by atoms with Crippen LogP contribution in [0.25, 0.3) is 0 Å². The normalized spacial score (nSPS) is 16.4. The van der Waals surface area contributed by atoms with E-state index in [-0.39, 0.29) is 24.4 Å². The highest BCUT2D eigenvalue weighted by Gasteiger charge is 2.29. The summed E-state index contributed by atoms with van der Waals surface area (Å²) < 4.78 is 41.1. The number of rotatable bonds is 6. The molecule has 1 amide bonds. The number of carbonyl (C=O) groups is 1. The summed E-state index contributed by atoms with van der Waals surface area (Å²) >= 11 is 0. The first-order valence-corrected chi connectivity index (χ1v) is 10.3. The number of nitrogens with zero attached hydrogens (tertiary/aromatic N) is 5. The van der Waals surface area contributed by atoms with E-state index >= 15 is 0 Å². The van der Waals surface area contributed by atoms with Gasteiger partial charge in [-0.05, 0) is 25.1 Å². The van der Waals surface area contributed by atoms with Gasteiger partial charge in [-0.3, -0.25) is 14.2 Å². The first kappa shape index (κ1) is 21.9. The number of amides is 1. The topological polar surface area (TPSA) is 74.4 Å². The average Bonchev–Trinajstić information content (AvgIpc) is 3.31. The van der Waals surface area contributed by atoms with Crippen LogP contribution in [0.15, 0.2) is 30.5 Å². The third-order valence-electron chi connectivity index (χ3n) is 5.44. The van der Waals surface area contributed by atoms with Gasteiger partial charge in [0.05, 0.1) is 36.7 Å². The van der Waals surface area contributed by atoms with Crippen LogP contribution < -0.4 is 4.74 Å². The molecule has 1 fully saturated rings. The van der Waals surface area contributed by atoms with Gasteiger partial charge >= 0.3 is 0 Å². The molecule has 0 radical (unpaired) electrons. The van der Waals surface area contributed by atoms with E-state index in [0.717, 1.165) is 23.5 Å². The summed E-state index contributed by atoms with van der Waals surface area (Å²) in [6.07, 6.45) is 1.91. The molecule has 1 aliphatic heterocycles. The monoisotopic (exact) mass is 445 g/mol. The molecule has 0 saturated carbocycles. The molecule has 1 aliphatic rings. The quantitative estimate of drug-likeness (QED) is 0.583. The Morgan fingerprint density at radius 2 is 2.03 bits per heavy atom. The summed E-state index contributed by atoms with van der Waals surface area (Å²) in [6, 6.07) is 5.36. The zero-order chi connectivity index (χ0) is 22.8. The van der Waals surface area contributed by atoms with Crippen molar-refractivity contribution in [3.05, 3.63) is 64.7 Å². The van der Waals surface area contributed by atoms with Crippen LogP contribution in [-0.4, -0.2) is 56.7 Å². The minimum Gasteiger partial charge on any atom is -0.493 e. The molecule has 1 atom stereocenters. The van der Waals surface area contributed by atoms with Gasteiger partial charge in [0.15, 0.2) is 11.6 Å². The lowest BCUT2D eigenvalue weighted by atomic mass is 10.1. The maximum Gasteiger partial charge on any atom is 0.257 e. The Balaban J connectivity index is 1.38. The molecule has 1 aromatic carbocycles. The third-order valence-corrected chi connectivity index (χ3v) is 5.44. The molecule has 32 heavy (non-hydrogen) atoms. The number of hydrogen-bond acceptors (Lipinski definition) is 5. The van der Waals surface area contributed by atoms with Crippen LogP contribution in [0.2, 0.25) is 0 Å². The second kappa shape index (κ2) is 9.07. The van der Waals surface area contributed by atoms with Crippen molar-refractivity contribution < 1.29 is 23.0 Å². The zero-order valence-electron chi connectivity index (χ0n) is 18.2. The predicted molar refractivity (Wildman–Crippen MR) is 111 cm³/mol. The maximum atomic E-state index is 13.3. The highest BCUT2D eigenvalue weighted by atomic mass is 19.2. The maximum absolute atomic E-state index is 13.3. The number of aromatic nitrogens is 4. The van der Waals surface area contributed by atoms with Crippen molar-refractivity contribution in [2.45, 2.75) is 19.4 Å². The Morgan fingerprint density at radius 1 is 1.22 bits per heavy atom. The minimum absolute atomic E-state index is 0.0695. The molecule has 170 valence electrons. The molecule has 1 saturated heterocycles. The molecule has 0 bridgehead atoms. The fourth-order valence-electron chi connectivity index (χ4n) is 3.75. The molecular formula is C22H25F2N5O3. The lowest BCUT2D eigenvalue weighted by molar-refractivity contribution is -0.0249. The predicted octanol–water partition coefficient (Wildman–Crippen LogP) is 2.58. The van der Waals surface area contributed by atoms with Gasteiger partial charge in [-0.15, -0.1) is 0 Å². The third kappa shape index (κ3) is 4.64. The molecular weight excluding hydrogens is 420 g/mol. The van der Waals surface area contributed by atoms with Crippen molar-refractivity contribution >= 4 is 5.91 Å². The number of ether oxygens (including phenoxy) is 2. The highest BCUT2D eigenvalue weighted by Crippen LogP contribution is 2.24. The number of morpholine rings is 1. The van der Waals surface area contributed by atoms with E-state index in [1.807, 2.05) is 20.0 Å². The van der Waals surface area contributed by atoms with Crippen molar-refractivity contribution in [2.24, 2.45) is 14.1 Å². The van der Waals surface area contributed by atoms with E-state index in [9.17, 15) is 13.6 Å². The summed E-state index contributed by atoms with van der Waals surface area (Å²) in [4.78, 5) is 14.7. The molecule has 10 heteroatoms.